The van der Waals surface area contributed by atoms with Crippen molar-refractivity contribution in [2.24, 2.45) is 5.92 Å². The zero-order chi connectivity index (χ0) is 20.9. The Balaban J connectivity index is 1.35. The number of benzene rings is 1. The minimum absolute atomic E-state index is 0.0141. The molecule has 9 heteroatoms. The number of hydrogen-bond acceptors (Lipinski definition) is 6. The molecule has 0 saturated carbocycles. The van der Waals surface area contributed by atoms with Crippen LogP contribution in [0.2, 0.25) is 5.02 Å². The Morgan fingerprint density at radius 2 is 2.00 bits per heavy atom. The summed E-state index contributed by atoms with van der Waals surface area (Å²) in [5.41, 5.74) is 1.88. The van der Waals surface area contributed by atoms with Gasteiger partial charge in [0.15, 0.2) is 0 Å². The molecule has 0 bridgehead atoms. The molecular weight excluding hydrogens is 404 g/mol. The van der Waals surface area contributed by atoms with Gasteiger partial charge in [-0.25, -0.2) is 0 Å². The lowest BCUT2D eigenvalue weighted by Crippen LogP contribution is -2.38. The highest BCUT2D eigenvalue weighted by Gasteiger charge is 2.23. The Hall–Kier alpha value is -3.00. The Bertz CT molecular complexity index is 1020. The molecule has 0 N–H and O–H groups in total. The second-order valence-electron chi connectivity index (χ2n) is 7.42. The summed E-state index contributed by atoms with van der Waals surface area (Å²) < 4.78 is 5.47. The summed E-state index contributed by atoms with van der Waals surface area (Å²) in [7, 11) is 0. The van der Waals surface area contributed by atoms with Crippen LogP contribution in [0.25, 0.3) is 6.08 Å². The molecule has 1 aliphatic rings. The summed E-state index contributed by atoms with van der Waals surface area (Å²) in [5, 5.41) is 16.9. The van der Waals surface area contributed by atoms with Crippen LogP contribution in [-0.4, -0.2) is 49.1 Å². The number of nitrogens with zero attached hydrogens (tertiary/aromatic N) is 6. The van der Waals surface area contributed by atoms with Crippen molar-refractivity contribution >= 4 is 23.6 Å². The second-order valence-corrected chi connectivity index (χ2v) is 7.86. The highest BCUT2D eigenvalue weighted by Crippen LogP contribution is 2.22. The summed E-state index contributed by atoms with van der Waals surface area (Å²) in [6.45, 7) is 3.74. The van der Waals surface area contributed by atoms with Crippen LogP contribution < -0.4 is 0 Å². The van der Waals surface area contributed by atoms with Gasteiger partial charge >= 0.3 is 0 Å². The fourth-order valence-corrected chi connectivity index (χ4v) is 3.84. The van der Waals surface area contributed by atoms with E-state index >= 15 is 0 Å². The summed E-state index contributed by atoms with van der Waals surface area (Å²) >= 11 is 6.15. The van der Waals surface area contributed by atoms with E-state index < -0.39 is 0 Å². The number of aromatic nitrogens is 5. The first kappa shape index (κ1) is 20.3. The molecule has 3 aromatic rings. The predicted molar refractivity (Wildman–Crippen MR) is 112 cm³/mol. The Morgan fingerprint density at radius 1 is 1.23 bits per heavy atom. The quantitative estimate of drug-likeness (QED) is 0.562. The molecule has 0 radical (unpaired) electrons. The Morgan fingerprint density at radius 3 is 2.70 bits per heavy atom. The summed E-state index contributed by atoms with van der Waals surface area (Å²) in [6.07, 6.45) is 9.36. The number of carbonyl (C=O) groups is 1. The van der Waals surface area contributed by atoms with Crippen molar-refractivity contribution in [3.63, 3.8) is 0 Å². The zero-order valence-electron chi connectivity index (χ0n) is 16.7. The van der Waals surface area contributed by atoms with Crippen LogP contribution in [0.4, 0.5) is 0 Å². The molecule has 1 aliphatic heterocycles. The summed E-state index contributed by atoms with van der Waals surface area (Å²) in [4.78, 5) is 16.1. The summed E-state index contributed by atoms with van der Waals surface area (Å²) in [5.74, 6) is 1.74. The van der Waals surface area contributed by atoms with E-state index in [0.717, 1.165) is 43.5 Å². The molecule has 0 atom stereocenters. The molecule has 1 fully saturated rings. The number of aryl methyl sites for hydroxylation is 1. The van der Waals surface area contributed by atoms with Gasteiger partial charge < -0.3 is 9.32 Å². The fraction of sp³-hybridized carbons (Fsp3) is 0.381. The van der Waals surface area contributed by atoms with E-state index in [1.165, 1.54) is 0 Å². The third-order valence-electron chi connectivity index (χ3n) is 5.25. The standard InChI is InChI=1S/C21H23ClN6O2/c1-15-25-26-20(30-15)12-16-6-10-27(11-7-16)21(29)5-3-17-2-4-19(22)13-18(17)14-28-23-8-9-24-28/h2-5,8-9,13,16H,6-7,10-12,14H2,1H3. The van der Waals surface area contributed by atoms with E-state index in [1.54, 1.807) is 30.2 Å². The van der Waals surface area contributed by atoms with Gasteiger partial charge in [0.05, 0.1) is 18.9 Å². The highest BCUT2D eigenvalue weighted by molar-refractivity contribution is 6.30. The minimum Gasteiger partial charge on any atom is -0.426 e. The maximum Gasteiger partial charge on any atom is 0.246 e. The predicted octanol–water partition coefficient (Wildman–Crippen LogP) is 3.17. The van der Waals surface area contributed by atoms with Gasteiger partial charge in [0.25, 0.3) is 0 Å². The van der Waals surface area contributed by atoms with E-state index in [0.29, 0.717) is 29.3 Å². The largest absolute Gasteiger partial charge is 0.426 e. The van der Waals surface area contributed by atoms with Crippen LogP contribution in [0, 0.1) is 12.8 Å². The van der Waals surface area contributed by atoms with Gasteiger partial charge in [-0.05, 0) is 48.1 Å². The van der Waals surface area contributed by atoms with E-state index in [4.69, 9.17) is 16.0 Å². The van der Waals surface area contributed by atoms with Crippen molar-refractivity contribution in [1.29, 1.82) is 0 Å². The normalized spacial score (nSPS) is 15.2. The maximum absolute atomic E-state index is 12.7. The third kappa shape index (κ3) is 5.13. The Kier molecular flexibility index (Phi) is 6.23. The average molecular weight is 427 g/mol. The van der Waals surface area contributed by atoms with Crippen molar-refractivity contribution in [1.82, 2.24) is 30.1 Å². The first-order valence-corrected chi connectivity index (χ1v) is 10.3. The molecule has 4 rings (SSSR count). The number of hydrogen-bond donors (Lipinski definition) is 0. The molecule has 0 aliphatic carbocycles. The molecule has 0 unspecified atom stereocenters. The smallest absolute Gasteiger partial charge is 0.246 e. The molecule has 1 saturated heterocycles. The number of carbonyl (C=O) groups excluding carboxylic acids is 1. The molecule has 1 amide bonds. The van der Waals surface area contributed by atoms with Gasteiger partial charge in [0, 0.05) is 37.5 Å². The number of rotatable bonds is 6. The van der Waals surface area contributed by atoms with Gasteiger partial charge in [-0.3, -0.25) is 4.79 Å². The van der Waals surface area contributed by atoms with E-state index in [9.17, 15) is 4.79 Å². The van der Waals surface area contributed by atoms with Gasteiger partial charge in [-0.1, -0.05) is 17.7 Å². The first-order valence-electron chi connectivity index (χ1n) is 9.95. The van der Waals surface area contributed by atoms with Crippen molar-refractivity contribution in [2.45, 2.75) is 32.7 Å². The monoisotopic (exact) mass is 426 g/mol. The van der Waals surface area contributed by atoms with Crippen molar-refractivity contribution in [2.75, 3.05) is 13.1 Å². The molecule has 30 heavy (non-hydrogen) atoms. The van der Waals surface area contributed by atoms with Crippen LogP contribution in [0.5, 0.6) is 0 Å². The number of likely N-dealkylation sites (tertiary alicyclic amines) is 1. The molecule has 156 valence electrons. The maximum atomic E-state index is 12.7. The van der Waals surface area contributed by atoms with Crippen LogP contribution in [0.1, 0.15) is 35.7 Å². The lowest BCUT2D eigenvalue weighted by atomic mass is 9.93. The summed E-state index contributed by atoms with van der Waals surface area (Å²) in [6, 6.07) is 5.60. The van der Waals surface area contributed by atoms with Crippen molar-refractivity contribution in [3.8, 4) is 0 Å². The number of halogens is 1. The SMILES string of the molecule is Cc1nnc(CC2CCN(C(=O)C=Cc3ccc(Cl)cc3Cn3nccn3)CC2)o1. The molecule has 3 heterocycles. The molecule has 0 spiro atoms. The zero-order valence-corrected chi connectivity index (χ0v) is 17.5. The van der Waals surface area contributed by atoms with Gasteiger partial charge in [0.1, 0.15) is 0 Å². The minimum atomic E-state index is 0.0141. The van der Waals surface area contributed by atoms with Crippen LogP contribution in [0.15, 0.2) is 41.1 Å². The lowest BCUT2D eigenvalue weighted by molar-refractivity contribution is -0.127. The van der Waals surface area contributed by atoms with Crippen LogP contribution in [0.3, 0.4) is 0 Å². The van der Waals surface area contributed by atoms with Gasteiger partial charge in [-0.15, -0.1) is 10.2 Å². The third-order valence-corrected chi connectivity index (χ3v) is 5.48. The molecular formula is C21H23ClN6O2. The van der Waals surface area contributed by atoms with Crippen LogP contribution in [-0.2, 0) is 17.8 Å². The van der Waals surface area contributed by atoms with E-state index in [-0.39, 0.29) is 5.91 Å². The Labute approximate surface area is 179 Å². The highest BCUT2D eigenvalue weighted by atomic mass is 35.5. The van der Waals surface area contributed by atoms with Crippen molar-refractivity contribution < 1.29 is 9.21 Å². The molecule has 8 nitrogen and oxygen atoms in total. The number of amides is 1. The van der Waals surface area contributed by atoms with Gasteiger partial charge in [-0.2, -0.15) is 15.0 Å². The molecule has 2 aromatic heterocycles. The lowest BCUT2D eigenvalue weighted by Gasteiger charge is -2.30. The topological polar surface area (TPSA) is 89.9 Å². The van der Waals surface area contributed by atoms with E-state index in [1.807, 2.05) is 29.2 Å². The number of piperidine rings is 1. The average Bonchev–Trinajstić information content (AvgIpc) is 3.39. The van der Waals surface area contributed by atoms with E-state index in [2.05, 4.69) is 20.4 Å². The fourth-order valence-electron chi connectivity index (χ4n) is 3.64. The van der Waals surface area contributed by atoms with Crippen molar-refractivity contribution in [3.05, 3.63) is 64.6 Å². The second kappa shape index (κ2) is 9.21. The van der Waals surface area contributed by atoms with Gasteiger partial charge in [0.2, 0.25) is 17.7 Å². The molecule has 1 aromatic carbocycles. The van der Waals surface area contributed by atoms with Crippen LogP contribution >= 0.6 is 11.6 Å². The first-order chi connectivity index (χ1) is 14.6.